The summed E-state index contributed by atoms with van der Waals surface area (Å²) < 4.78 is 10.2. The number of methoxy groups -OCH3 is 2. The van der Waals surface area contributed by atoms with Crippen LogP contribution in [0.1, 0.15) is 10.4 Å². The van der Waals surface area contributed by atoms with Crippen LogP contribution in [0.2, 0.25) is 0 Å². The molecule has 1 aromatic rings. The van der Waals surface area contributed by atoms with E-state index in [9.17, 15) is 4.79 Å². The van der Waals surface area contributed by atoms with Gasteiger partial charge in [0.1, 0.15) is 17.2 Å². The minimum Gasteiger partial charge on any atom is -0.496 e. The van der Waals surface area contributed by atoms with Crippen molar-refractivity contribution >= 4 is 29.0 Å². The number of hydrogen-bond acceptors (Lipinski definition) is 5. The first-order valence-electron chi connectivity index (χ1n) is 4.73. The van der Waals surface area contributed by atoms with E-state index in [0.29, 0.717) is 22.7 Å². The molecule has 0 aromatic heterocycles. The number of thiocarbonyl (C=S) groups is 1. The molecule has 0 fully saturated rings. The van der Waals surface area contributed by atoms with Gasteiger partial charge in [0.2, 0.25) is 0 Å². The first-order valence-corrected chi connectivity index (χ1v) is 5.14. The van der Waals surface area contributed by atoms with Crippen molar-refractivity contribution in [1.82, 2.24) is 5.32 Å². The molecule has 0 spiro atoms. The van der Waals surface area contributed by atoms with E-state index in [2.05, 4.69) is 27.7 Å². The van der Waals surface area contributed by atoms with E-state index < -0.39 is 0 Å². The predicted molar refractivity (Wildman–Crippen MR) is 67.6 cm³/mol. The predicted octanol–water partition coefficient (Wildman–Crippen LogP) is 1.80. The van der Waals surface area contributed by atoms with Gasteiger partial charge in [-0.3, -0.25) is 4.79 Å². The van der Waals surface area contributed by atoms with Gasteiger partial charge in [0.05, 0.1) is 24.9 Å². The molecule has 0 aliphatic rings. The van der Waals surface area contributed by atoms with E-state index in [4.69, 9.17) is 9.47 Å². The molecule has 0 radical (unpaired) electrons. The number of nitrogens with one attached hydrogen (secondary N) is 1. The minimum absolute atomic E-state index is 0.273. The fourth-order valence-electron chi connectivity index (χ4n) is 1.33. The number of aliphatic imine (C=N–C) groups is 1. The van der Waals surface area contributed by atoms with Crippen molar-refractivity contribution in [1.29, 1.82) is 0 Å². The molecule has 0 saturated carbocycles. The second-order valence-corrected chi connectivity index (χ2v) is 3.19. The van der Waals surface area contributed by atoms with Crippen molar-refractivity contribution in [2.24, 2.45) is 4.99 Å². The maximum absolute atomic E-state index is 11.6. The Morgan fingerprint density at radius 3 is 2.47 bits per heavy atom. The molecule has 6 heteroatoms. The van der Waals surface area contributed by atoms with E-state index in [1.54, 1.807) is 6.07 Å². The van der Waals surface area contributed by atoms with Gasteiger partial charge >= 0.3 is 0 Å². The number of hydrogen-bond donors (Lipinski definition) is 1. The number of ether oxygens (including phenoxy) is 2. The van der Waals surface area contributed by atoms with Crippen molar-refractivity contribution in [3.63, 3.8) is 0 Å². The highest BCUT2D eigenvalue weighted by atomic mass is 32.1. The van der Waals surface area contributed by atoms with Crippen LogP contribution in [0.5, 0.6) is 11.5 Å². The van der Waals surface area contributed by atoms with Crippen LogP contribution in [0, 0.1) is 0 Å². The number of rotatable bonds is 4. The molecule has 1 aromatic carbocycles. The molecule has 0 aliphatic heterocycles. The van der Waals surface area contributed by atoms with Gasteiger partial charge in [0.15, 0.2) is 0 Å². The van der Waals surface area contributed by atoms with Crippen LogP contribution < -0.4 is 14.8 Å². The highest BCUT2D eigenvalue weighted by Gasteiger charge is 2.15. The van der Waals surface area contributed by atoms with Crippen LogP contribution in [0.4, 0.5) is 5.69 Å². The van der Waals surface area contributed by atoms with Gasteiger partial charge < -0.3 is 14.8 Å². The van der Waals surface area contributed by atoms with E-state index >= 15 is 0 Å². The van der Waals surface area contributed by atoms with Crippen molar-refractivity contribution < 1.29 is 14.3 Å². The second-order valence-electron chi connectivity index (χ2n) is 3.01. The first kappa shape index (κ1) is 13.2. The standard InChI is InChI=1S/C11H12N2O3S/c1-12-11(14)7-4-8(13-6-17)10(16-3)5-9(7)15-2/h4-5H,1-3H3,(H,12,14). The largest absolute Gasteiger partial charge is 0.496 e. The average Bonchev–Trinajstić information content (AvgIpc) is 2.37. The molecule has 1 N–H and O–H groups in total. The van der Waals surface area contributed by atoms with Crippen LogP contribution in [-0.2, 0) is 0 Å². The van der Waals surface area contributed by atoms with Crippen LogP contribution in [-0.4, -0.2) is 32.3 Å². The molecule has 17 heavy (non-hydrogen) atoms. The van der Waals surface area contributed by atoms with Crippen molar-refractivity contribution in [2.75, 3.05) is 21.3 Å². The molecule has 0 unspecified atom stereocenters. The van der Waals surface area contributed by atoms with Gasteiger partial charge in [-0.1, -0.05) is 0 Å². The zero-order chi connectivity index (χ0) is 12.8. The summed E-state index contributed by atoms with van der Waals surface area (Å²) in [5.41, 5.74) is 0.793. The van der Waals surface area contributed by atoms with Gasteiger partial charge in [0, 0.05) is 13.1 Å². The van der Waals surface area contributed by atoms with Gasteiger partial charge in [-0.25, -0.2) is 0 Å². The Kier molecular flexibility index (Phi) is 4.63. The van der Waals surface area contributed by atoms with Crippen molar-refractivity contribution in [3.8, 4) is 11.5 Å². The summed E-state index contributed by atoms with van der Waals surface area (Å²) in [6, 6.07) is 3.12. The SMILES string of the molecule is CNC(=O)c1cc(N=C=S)c(OC)cc1OC. The Balaban J connectivity index is 3.43. The summed E-state index contributed by atoms with van der Waals surface area (Å²) in [7, 11) is 4.51. The highest BCUT2D eigenvalue weighted by molar-refractivity contribution is 7.78. The smallest absolute Gasteiger partial charge is 0.254 e. The molecular weight excluding hydrogens is 240 g/mol. The molecule has 1 rings (SSSR count). The van der Waals surface area contributed by atoms with Crippen molar-refractivity contribution in [3.05, 3.63) is 17.7 Å². The first-order chi connectivity index (χ1) is 8.17. The zero-order valence-electron chi connectivity index (χ0n) is 9.73. The second kappa shape index (κ2) is 5.98. The lowest BCUT2D eigenvalue weighted by atomic mass is 10.1. The minimum atomic E-state index is -0.273. The maximum atomic E-state index is 11.6. The van der Waals surface area contributed by atoms with Crippen LogP contribution in [0.3, 0.4) is 0 Å². The molecule has 0 aliphatic carbocycles. The van der Waals surface area contributed by atoms with Gasteiger partial charge in [-0.05, 0) is 18.3 Å². The van der Waals surface area contributed by atoms with Crippen LogP contribution in [0.15, 0.2) is 17.1 Å². The Bertz CT molecular complexity index is 482. The summed E-state index contributed by atoms with van der Waals surface area (Å²) in [5, 5.41) is 4.75. The topological polar surface area (TPSA) is 59.9 Å². The zero-order valence-corrected chi connectivity index (χ0v) is 10.6. The van der Waals surface area contributed by atoms with Gasteiger partial charge in [-0.15, -0.1) is 0 Å². The number of isothiocyanates is 1. The van der Waals surface area contributed by atoms with E-state index in [1.807, 2.05) is 0 Å². The molecular formula is C11H12N2O3S. The Morgan fingerprint density at radius 1 is 1.35 bits per heavy atom. The summed E-state index contributed by atoms with van der Waals surface area (Å²) in [4.78, 5) is 15.5. The summed E-state index contributed by atoms with van der Waals surface area (Å²) >= 11 is 4.54. The maximum Gasteiger partial charge on any atom is 0.254 e. The molecule has 0 atom stereocenters. The molecule has 0 bridgehead atoms. The fraction of sp³-hybridized carbons (Fsp3) is 0.273. The Hall–Kier alpha value is -1.91. The third kappa shape index (κ3) is 2.81. The molecule has 90 valence electrons. The number of amides is 1. The third-order valence-electron chi connectivity index (χ3n) is 2.14. The Labute approximate surface area is 104 Å². The fourth-order valence-corrected chi connectivity index (χ4v) is 1.43. The number of carbonyl (C=O) groups excluding carboxylic acids is 1. The highest BCUT2D eigenvalue weighted by Crippen LogP contribution is 2.34. The normalized spacial score (nSPS) is 9.12. The molecule has 5 nitrogen and oxygen atoms in total. The third-order valence-corrected chi connectivity index (χ3v) is 2.23. The van der Waals surface area contributed by atoms with Crippen LogP contribution in [0.25, 0.3) is 0 Å². The van der Waals surface area contributed by atoms with Crippen LogP contribution >= 0.6 is 12.2 Å². The lowest BCUT2D eigenvalue weighted by molar-refractivity contribution is 0.0960. The monoisotopic (exact) mass is 252 g/mol. The van der Waals surface area contributed by atoms with E-state index in [1.165, 1.54) is 27.3 Å². The lowest BCUT2D eigenvalue weighted by Gasteiger charge is -2.11. The summed E-state index contributed by atoms with van der Waals surface area (Å²) in [6.07, 6.45) is 0. The number of carbonyl (C=O) groups is 1. The average molecular weight is 252 g/mol. The van der Waals surface area contributed by atoms with E-state index in [0.717, 1.165) is 0 Å². The summed E-state index contributed by atoms with van der Waals surface area (Å²) in [6.45, 7) is 0. The Morgan fingerprint density at radius 2 is 2.00 bits per heavy atom. The van der Waals surface area contributed by atoms with Gasteiger partial charge in [-0.2, -0.15) is 4.99 Å². The number of nitrogens with zero attached hydrogens (tertiary/aromatic N) is 1. The van der Waals surface area contributed by atoms with Crippen molar-refractivity contribution in [2.45, 2.75) is 0 Å². The summed E-state index contributed by atoms with van der Waals surface area (Å²) in [5.74, 6) is 0.599. The quantitative estimate of drug-likeness (QED) is 0.655. The van der Waals surface area contributed by atoms with E-state index in [-0.39, 0.29) is 5.91 Å². The lowest BCUT2D eigenvalue weighted by Crippen LogP contribution is -2.18. The molecule has 1 amide bonds. The molecule has 0 saturated heterocycles. The van der Waals surface area contributed by atoms with Gasteiger partial charge in [0.25, 0.3) is 5.91 Å². The number of benzene rings is 1. The molecule has 0 heterocycles.